The molecule has 0 saturated heterocycles. The fraction of sp³-hybridized carbons (Fsp3) is 1.00. The summed E-state index contributed by atoms with van der Waals surface area (Å²) in [6.45, 7) is 12.0. The maximum absolute atomic E-state index is 3.93. The molecule has 0 aromatic rings. The Hall–Kier alpha value is -0.0400. The minimum absolute atomic E-state index is 0.494. The third-order valence-corrected chi connectivity index (χ3v) is 5.58. The van der Waals surface area contributed by atoms with E-state index in [-0.39, 0.29) is 0 Å². The molecule has 0 aromatic heterocycles. The quantitative estimate of drug-likeness (QED) is 0.749. The predicted molar refractivity (Wildman–Crippen MR) is 65.9 cm³/mol. The molecule has 2 unspecified atom stereocenters. The number of hydrogen-bond acceptors (Lipinski definition) is 1. The Morgan fingerprint density at radius 3 is 2.13 bits per heavy atom. The van der Waals surface area contributed by atoms with Crippen LogP contribution in [0.25, 0.3) is 0 Å². The molecular weight excluding hydrogens is 182 g/mol. The molecule has 2 fully saturated rings. The van der Waals surface area contributed by atoms with Crippen molar-refractivity contribution >= 4 is 0 Å². The summed E-state index contributed by atoms with van der Waals surface area (Å²) in [7, 11) is 0. The molecule has 1 N–H and O–H groups in total. The molecular formula is C14H27N. The lowest BCUT2D eigenvalue weighted by Crippen LogP contribution is -2.36. The van der Waals surface area contributed by atoms with Crippen LogP contribution in [0.5, 0.6) is 0 Å². The van der Waals surface area contributed by atoms with Crippen LogP contribution in [0.15, 0.2) is 0 Å². The summed E-state index contributed by atoms with van der Waals surface area (Å²) in [5, 5.41) is 3.93. The summed E-state index contributed by atoms with van der Waals surface area (Å²) in [4.78, 5) is 0. The Labute approximate surface area is 95.0 Å². The molecule has 0 radical (unpaired) electrons. The van der Waals surface area contributed by atoms with E-state index in [4.69, 9.17) is 0 Å². The first-order chi connectivity index (χ1) is 6.91. The molecule has 2 aliphatic rings. The fourth-order valence-electron chi connectivity index (χ4n) is 3.57. The first-order valence-corrected chi connectivity index (χ1v) is 6.67. The minimum Gasteiger partial charge on any atom is -0.310 e. The van der Waals surface area contributed by atoms with Crippen molar-refractivity contribution in [3.63, 3.8) is 0 Å². The van der Waals surface area contributed by atoms with Crippen molar-refractivity contribution < 1.29 is 0 Å². The zero-order valence-corrected chi connectivity index (χ0v) is 11.1. The third kappa shape index (κ3) is 1.63. The standard InChI is InChI=1S/C14H27N/c1-6-10-8-7-9-11(10)15-12-13(2,3)14(12,4)5/h10-12,15H,6-9H2,1-5H3. The SMILES string of the molecule is CCC1CCCC1NC1C(C)(C)C1(C)C. The van der Waals surface area contributed by atoms with Gasteiger partial charge in [-0.3, -0.25) is 0 Å². The first kappa shape index (κ1) is 11.4. The zero-order chi connectivity index (χ0) is 11.3. The highest BCUT2D eigenvalue weighted by molar-refractivity contribution is 5.18. The van der Waals surface area contributed by atoms with Gasteiger partial charge in [-0.05, 0) is 29.6 Å². The highest BCUT2D eigenvalue weighted by Crippen LogP contribution is 2.63. The normalized spacial score (nSPS) is 38.2. The van der Waals surface area contributed by atoms with Gasteiger partial charge in [0.05, 0.1) is 0 Å². The Bertz CT molecular complexity index is 228. The fourth-order valence-corrected chi connectivity index (χ4v) is 3.57. The second-order valence-electron chi connectivity index (χ2n) is 6.75. The molecule has 0 bridgehead atoms. The van der Waals surface area contributed by atoms with Crippen LogP contribution < -0.4 is 5.32 Å². The van der Waals surface area contributed by atoms with Crippen LogP contribution in [0.1, 0.15) is 60.3 Å². The van der Waals surface area contributed by atoms with Crippen molar-refractivity contribution in [2.75, 3.05) is 0 Å². The number of nitrogens with one attached hydrogen (secondary N) is 1. The van der Waals surface area contributed by atoms with E-state index in [9.17, 15) is 0 Å². The Balaban J connectivity index is 1.94. The summed E-state index contributed by atoms with van der Waals surface area (Å²) >= 11 is 0. The van der Waals surface area contributed by atoms with Gasteiger partial charge >= 0.3 is 0 Å². The van der Waals surface area contributed by atoms with E-state index >= 15 is 0 Å². The topological polar surface area (TPSA) is 12.0 Å². The third-order valence-electron chi connectivity index (χ3n) is 5.58. The lowest BCUT2D eigenvalue weighted by molar-refractivity contribution is 0.365. The van der Waals surface area contributed by atoms with Gasteiger partial charge in [-0.1, -0.05) is 47.5 Å². The van der Waals surface area contributed by atoms with Gasteiger partial charge in [0.2, 0.25) is 0 Å². The van der Waals surface area contributed by atoms with E-state index in [1.54, 1.807) is 0 Å². The van der Waals surface area contributed by atoms with E-state index in [1.807, 2.05) is 0 Å². The molecule has 2 aliphatic carbocycles. The Kier molecular flexibility index (Phi) is 2.65. The summed E-state index contributed by atoms with van der Waals surface area (Å²) < 4.78 is 0. The summed E-state index contributed by atoms with van der Waals surface area (Å²) in [6.07, 6.45) is 5.64. The van der Waals surface area contributed by atoms with Crippen LogP contribution in [-0.2, 0) is 0 Å². The number of hydrogen-bond donors (Lipinski definition) is 1. The van der Waals surface area contributed by atoms with Crippen molar-refractivity contribution in [2.45, 2.75) is 72.4 Å². The zero-order valence-electron chi connectivity index (χ0n) is 11.1. The molecule has 88 valence electrons. The van der Waals surface area contributed by atoms with Crippen molar-refractivity contribution in [1.82, 2.24) is 5.32 Å². The van der Waals surface area contributed by atoms with Gasteiger partial charge in [-0.15, -0.1) is 0 Å². The lowest BCUT2D eigenvalue weighted by Gasteiger charge is -2.21. The van der Waals surface area contributed by atoms with Crippen LogP contribution in [0.3, 0.4) is 0 Å². The summed E-state index contributed by atoms with van der Waals surface area (Å²) in [6, 6.07) is 1.54. The van der Waals surface area contributed by atoms with Gasteiger partial charge in [-0.25, -0.2) is 0 Å². The van der Waals surface area contributed by atoms with Gasteiger partial charge in [0.25, 0.3) is 0 Å². The molecule has 0 heterocycles. The van der Waals surface area contributed by atoms with Crippen molar-refractivity contribution in [1.29, 1.82) is 0 Å². The smallest absolute Gasteiger partial charge is 0.0183 e. The van der Waals surface area contributed by atoms with Crippen molar-refractivity contribution in [2.24, 2.45) is 16.7 Å². The monoisotopic (exact) mass is 209 g/mol. The molecule has 0 spiro atoms. The van der Waals surface area contributed by atoms with Crippen molar-refractivity contribution in [3.05, 3.63) is 0 Å². The van der Waals surface area contributed by atoms with E-state index in [1.165, 1.54) is 25.7 Å². The largest absolute Gasteiger partial charge is 0.310 e. The van der Waals surface area contributed by atoms with Crippen LogP contribution in [0.4, 0.5) is 0 Å². The molecule has 0 aromatic carbocycles. The molecule has 2 saturated carbocycles. The second kappa shape index (κ2) is 3.48. The van der Waals surface area contributed by atoms with Gasteiger partial charge in [0.1, 0.15) is 0 Å². The number of rotatable bonds is 3. The highest BCUT2D eigenvalue weighted by Gasteiger charge is 2.65. The molecule has 2 atom stereocenters. The molecule has 15 heavy (non-hydrogen) atoms. The summed E-state index contributed by atoms with van der Waals surface area (Å²) in [5.41, 5.74) is 0.988. The second-order valence-corrected chi connectivity index (χ2v) is 6.75. The minimum atomic E-state index is 0.494. The molecule has 1 nitrogen and oxygen atoms in total. The van der Waals surface area contributed by atoms with E-state index in [0.717, 1.165) is 18.0 Å². The van der Waals surface area contributed by atoms with Gasteiger partial charge in [0, 0.05) is 12.1 Å². The van der Waals surface area contributed by atoms with Crippen molar-refractivity contribution in [3.8, 4) is 0 Å². The lowest BCUT2D eigenvalue weighted by atomic mass is 10.0. The molecule has 2 rings (SSSR count). The van der Waals surface area contributed by atoms with Gasteiger partial charge < -0.3 is 5.32 Å². The Morgan fingerprint density at radius 1 is 1.07 bits per heavy atom. The Morgan fingerprint density at radius 2 is 1.67 bits per heavy atom. The first-order valence-electron chi connectivity index (χ1n) is 6.67. The molecule has 0 aliphatic heterocycles. The van der Waals surface area contributed by atoms with Gasteiger partial charge in [0.15, 0.2) is 0 Å². The average Bonchev–Trinajstić information content (AvgIpc) is 2.59. The molecule has 1 heteroatoms. The van der Waals surface area contributed by atoms with Gasteiger partial charge in [-0.2, -0.15) is 0 Å². The average molecular weight is 209 g/mol. The van der Waals surface area contributed by atoms with Crippen LogP contribution in [0, 0.1) is 16.7 Å². The molecule has 0 amide bonds. The van der Waals surface area contributed by atoms with Crippen LogP contribution in [0.2, 0.25) is 0 Å². The maximum atomic E-state index is 3.93. The predicted octanol–water partition coefficient (Wildman–Crippen LogP) is 3.59. The summed E-state index contributed by atoms with van der Waals surface area (Å²) in [5.74, 6) is 0.942. The van der Waals surface area contributed by atoms with E-state index in [2.05, 4.69) is 39.9 Å². The van der Waals surface area contributed by atoms with E-state index < -0.39 is 0 Å². The van der Waals surface area contributed by atoms with Crippen LogP contribution >= 0.6 is 0 Å². The maximum Gasteiger partial charge on any atom is 0.0183 e. The van der Waals surface area contributed by atoms with Crippen LogP contribution in [-0.4, -0.2) is 12.1 Å². The highest BCUT2D eigenvalue weighted by atomic mass is 15.1. The van der Waals surface area contributed by atoms with E-state index in [0.29, 0.717) is 10.8 Å².